The van der Waals surface area contributed by atoms with Crippen molar-refractivity contribution >= 4 is 11.6 Å². The van der Waals surface area contributed by atoms with Crippen molar-refractivity contribution in [3.8, 4) is 0 Å². The van der Waals surface area contributed by atoms with Gasteiger partial charge in [-0.3, -0.25) is 4.90 Å². The van der Waals surface area contributed by atoms with Gasteiger partial charge in [-0.1, -0.05) is 23.7 Å². The summed E-state index contributed by atoms with van der Waals surface area (Å²) in [5.74, 6) is 0. The second kappa shape index (κ2) is 7.41. The van der Waals surface area contributed by atoms with Crippen molar-refractivity contribution in [2.45, 2.75) is 50.7 Å². The maximum atomic E-state index is 9.05. The predicted octanol–water partition coefficient (Wildman–Crippen LogP) is 2.97. The number of nitrogens with zero attached hydrogens (tertiary/aromatic N) is 1. The van der Waals surface area contributed by atoms with E-state index in [1.54, 1.807) is 0 Å². The van der Waals surface area contributed by atoms with Gasteiger partial charge in [-0.25, -0.2) is 0 Å². The molecule has 3 nitrogen and oxygen atoms in total. The van der Waals surface area contributed by atoms with Crippen LogP contribution in [-0.4, -0.2) is 35.2 Å². The third-order valence-electron chi connectivity index (χ3n) is 4.18. The molecule has 1 heterocycles. The minimum Gasteiger partial charge on any atom is -0.396 e. The fourth-order valence-corrected chi connectivity index (χ4v) is 3.44. The van der Waals surface area contributed by atoms with Gasteiger partial charge in [0.15, 0.2) is 0 Å². The van der Waals surface area contributed by atoms with Gasteiger partial charge >= 0.3 is 0 Å². The molecule has 1 aromatic rings. The van der Waals surface area contributed by atoms with Crippen LogP contribution in [0.1, 0.15) is 44.2 Å². The number of likely N-dealkylation sites (tertiary alicyclic amines) is 1. The molecule has 0 saturated carbocycles. The minimum absolute atomic E-state index is 0.0749. The molecular formula is C16H25ClN2O. The molecule has 1 fully saturated rings. The van der Waals surface area contributed by atoms with Gasteiger partial charge in [0.05, 0.1) is 0 Å². The highest BCUT2D eigenvalue weighted by molar-refractivity contribution is 6.30. The highest BCUT2D eigenvalue weighted by atomic mass is 35.5. The molecule has 0 amide bonds. The first-order chi connectivity index (χ1) is 9.63. The number of hydrogen-bond donors (Lipinski definition) is 2. The van der Waals surface area contributed by atoms with Crippen LogP contribution in [0, 0.1) is 0 Å². The molecule has 0 aromatic heterocycles. The second-order valence-electron chi connectivity index (χ2n) is 5.76. The Bertz CT molecular complexity index is 407. The summed E-state index contributed by atoms with van der Waals surface area (Å²) >= 11 is 5.98. The van der Waals surface area contributed by atoms with Crippen molar-refractivity contribution < 1.29 is 5.11 Å². The summed E-state index contributed by atoms with van der Waals surface area (Å²) < 4.78 is 0. The lowest BCUT2D eigenvalue weighted by molar-refractivity contribution is 0.145. The number of hydrogen-bond acceptors (Lipinski definition) is 3. The summed E-state index contributed by atoms with van der Waals surface area (Å²) in [7, 11) is 0. The van der Waals surface area contributed by atoms with Gasteiger partial charge in [0.1, 0.15) is 0 Å². The molecular weight excluding hydrogens is 272 g/mol. The van der Waals surface area contributed by atoms with E-state index in [0.717, 1.165) is 24.4 Å². The predicted molar refractivity (Wildman–Crippen MR) is 83.9 cm³/mol. The van der Waals surface area contributed by atoms with Crippen LogP contribution in [0.25, 0.3) is 0 Å². The Kier molecular flexibility index (Phi) is 5.85. The number of halogens is 1. The van der Waals surface area contributed by atoms with Crippen molar-refractivity contribution in [3.05, 3.63) is 34.9 Å². The van der Waals surface area contributed by atoms with E-state index in [1.807, 2.05) is 12.1 Å². The molecule has 3 unspecified atom stereocenters. The van der Waals surface area contributed by atoms with Crippen LogP contribution < -0.4 is 5.73 Å². The van der Waals surface area contributed by atoms with E-state index < -0.39 is 0 Å². The van der Waals surface area contributed by atoms with Crippen molar-refractivity contribution in [2.24, 2.45) is 5.73 Å². The average Bonchev–Trinajstić information content (AvgIpc) is 2.86. The zero-order valence-corrected chi connectivity index (χ0v) is 12.9. The van der Waals surface area contributed by atoms with Crippen LogP contribution in [0.2, 0.25) is 5.02 Å². The zero-order valence-electron chi connectivity index (χ0n) is 12.1. The molecule has 20 heavy (non-hydrogen) atoms. The molecule has 3 N–H and O–H groups in total. The van der Waals surface area contributed by atoms with E-state index in [0.29, 0.717) is 6.04 Å². The lowest BCUT2D eigenvalue weighted by Crippen LogP contribution is -2.42. The zero-order chi connectivity index (χ0) is 14.5. The monoisotopic (exact) mass is 296 g/mol. The number of nitrogens with two attached hydrogens (primary N) is 1. The Morgan fingerprint density at radius 2 is 2.10 bits per heavy atom. The number of aliphatic hydroxyl groups is 1. The van der Waals surface area contributed by atoms with Gasteiger partial charge in [0.2, 0.25) is 0 Å². The first kappa shape index (κ1) is 15.8. The van der Waals surface area contributed by atoms with Gasteiger partial charge in [0, 0.05) is 29.8 Å². The first-order valence-corrected chi connectivity index (χ1v) is 7.89. The third kappa shape index (κ3) is 3.73. The summed E-state index contributed by atoms with van der Waals surface area (Å²) in [5.41, 5.74) is 7.49. The molecule has 4 heteroatoms. The van der Waals surface area contributed by atoms with Crippen LogP contribution in [-0.2, 0) is 0 Å². The van der Waals surface area contributed by atoms with E-state index >= 15 is 0 Å². The van der Waals surface area contributed by atoms with E-state index in [9.17, 15) is 0 Å². The molecule has 1 saturated heterocycles. The van der Waals surface area contributed by atoms with Gasteiger partial charge in [-0.15, -0.1) is 0 Å². The van der Waals surface area contributed by atoms with Crippen molar-refractivity contribution in [1.82, 2.24) is 4.90 Å². The van der Waals surface area contributed by atoms with Gasteiger partial charge < -0.3 is 10.8 Å². The van der Waals surface area contributed by atoms with Crippen LogP contribution >= 0.6 is 11.6 Å². The normalized spacial score (nSPS) is 22.9. The number of aliphatic hydroxyl groups excluding tert-OH is 1. The van der Waals surface area contributed by atoms with Crippen LogP contribution in [0.3, 0.4) is 0 Å². The maximum Gasteiger partial charge on any atom is 0.0499 e. The molecule has 112 valence electrons. The summed E-state index contributed by atoms with van der Waals surface area (Å²) in [5, 5.41) is 9.81. The molecule has 0 bridgehead atoms. The third-order valence-corrected chi connectivity index (χ3v) is 4.44. The van der Waals surface area contributed by atoms with E-state index in [4.69, 9.17) is 22.4 Å². The average molecular weight is 297 g/mol. The van der Waals surface area contributed by atoms with E-state index in [-0.39, 0.29) is 18.7 Å². The summed E-state index contributed by atoms with van der Waals surface area (Å²) in [6.07, 6.45) is 4.34. The summed E-state index contributed by atoms with van der Waals surface area (Å²) in [6.45, 7) is 3.43. The highest BCUT2D eigenvalue weighted by Gasteiger charge is 2.33. The standard InChI is InChI=1S/C16H25ClN2O/c1-12(18)16(13-6-8-14(17)9-7-13)19-10-2-4-15(19)5-3-11-20/h6-9,12,15-16,20H,2-5,10-11,18H2,1H3. The smallest absolute Gasteiger partial charge is 0.0499 e. The Labute approximate surface area is 126 Å². The van der Waals surface area contributed by atoms with Gasteiger partial charge in [-0.2, -0.15) is 0 Å². The molecule has 0 aliphatic carbocycles. The maximum absolute atomic E-state index is 9.05. The molecule has 0 radical (unpaired) electrons. The topological polar surface area (TPSA) is 49.5 Å². The fourth-order valence-electron chi connectivity index (χ4n) is 3.32. The van der Waals surface area contributed by atoms with Gasteiger partial charge in [-0.05, 0) is 56.8 Å². The van der Waals surface area contributed by atoms with Crippen molar-refractivity contribution in [2.75, 3.05) is 13.2 Å². The van der Waals surface area contributed by atoms with Crippen molar-refractivity contribution in [3.63, 3.8) is 0 Å². The molecule has 2 rings (SSSR count). The van der Waals surface area contributed by atoms with E-state index in [1.165, 1.54) is 18.4 Å². The van der Waals surface area contributed by atoms with Crippen LogP contribution in [0.4, 0.5) is 0 Å². The largest absolute Gasteiger partial charge is 0.396 e. The minimum atomic E-state index is 0.0749. The SMILES string of the molecule is CC(N)C(c1ccc(Cl)cc1)N1CCCC1CCCO. The molecule has 3 atom stereocenters. The first-order valence-electron chi connectivity index (χ1n) is 7.51. The Morgan fingerprint density at radius 1 is 1.40 bits per heavy atom. The molecule has 1 aliphatic heterocycles. The van der Waals surface area contributed by atoms with Crippen LogP contribution in [0.15, 0.2) is 24.3 Å². The summed E-state index contributed by atoms with van der Waals surface area (Å²) in [6, 6.07) is 8.88. The van der Waals surface area contributed by atoms with Crippen LogP contribution in [0.5, 0.6) is 0 Å². The lowest BCUT2D eigenvalue weighted by Gasteiger charge is -2.36. The Balaban J connectivity index is 2.17. The second-order valence-corrected chi connectivity index (χ2v) is 6.19. The highest BCUT2D eigenvalue weighted by Crippen LogP contribution is 2.33. The van der Waals surface area contributed by atoms with Crippen molar-refractivity contribution in [1.29, 1.82) is 0 Å². The van der Waals surface area contributed by atoms with Gasteiger partial charge in [0.25, 0.3) is 0 Å². The Morgan fingerprint density at radius 3 is 2.70 bits per heavy atom. The fraction of sp³-hybridized carbons (Fsp3) is 0.625. The quantitative estimate of drug-likeness (QED) is 0.848. The molecule has 1 aromatic carbocycles. The molecule has 1 aliphatic rings. The number of rotatable bonds is 6. The summed E-state index contributed by atoms with van der Waals surface area (Å²) in [4.78, 5) is 2.52. The molecule has 0 spiro atoms. The Hall–Kier alpha value is -0.610. The lowest BCUT2D eigenvalue weighted by atomic mass is 9.97. The van der Waals surface area contributed by atoms with E-state index in [2.05, 4.69) is 24.0 Å². The number of benzene rings is 1.